The van der Waals surface area contributed by atoms with Crippen molar-refractivity contribution in [1.29, 1.82) is 0 Å². The van der Waals surface area contributed by atoms with Gasteiger partial charge in [0.1, 0.15) is 13.2 Å². The average Bonchev–Trinajstić information content (AvgIpc) is 3.33. The van der Waals surface area contributed by atoms with Gasteiger partial charge in [-0.2, -0.15) is 0 Å². The fraction of sp³-hybridized carbons (Fsp3) is 0.887. The number of phosphoric ester groups is 1. The first-order valence-corrected chi connectivity index (χ1v) is 32.3. The minimum Gasteiger partial charge on any atom is -0.391 e. The second kappa shape index (κ2) is 53.5. The van der Waals surface area contributed by atoms with Gasteiger partial charge in [-0.05, 0) is 51.4 Å². The highest BCUT2D eigenvalue weighted by Gasteiger charge is 2.28. The van der Waals surface area contributed by atoms with Crippen LogP contribution < -0.4 is 5.32 Å². The maximum atomic E-state index is 13.0. The summed E-state index contributed by atoms with van der Waals surface area (Å²) < 4.78 is 23.8. The minimum absolute atomic E-state index is 0.0759. The first-order chi connectivity index (χ1) is 34.5. The van der Waals surface area contributed by atoms with Crippen LogP contribution >= 0.6 is 7.82 Å². The molecule has 0 fully saturated rings. The quantitative estimate of drug-likeness (QED) is 0.0243. The first kappa shape index (κ1) is 69.7. The van der Waals surface area contributed by atoms with Crippen molar-refractivity contribution in [1.82, 2.24) is 5.32 Å². The SMILES string of the molecule is CCCCCCC/C=C\C/C=C\C/C=C\CCCCCCCCCCCCCCCCCCC(=O)NC(COP(=O)(O)OCC[N+](C)(C)C)C(O)CCCCCCCCCCCCCCCCCCCC. The lowest BCUT2D eigenvalue weighted by Gasteiger charge is -2.26. The van der Waals surface area contributed by atoms with Gasteiger partial charge >= 0.3 is 7.82 Å². The summed E-state index contributed by atoms with van der Waals surface area (Å²) >= 11 is 0. The molecule has 8 nitrogen and oxygen atoms in total. The lowest BCUT2D eigenvalue weighted by molar-refractivity contribution is -0.870. The second-order valence-electron chi connectivity index (χ2n) is 22.4. The number of amides is 1. The van der Waals surface area contributed by atoms with Crippen molar-refractivity contribution in [2.75, 3.05) is 40.9 Å². The zero-order chi connectivity index (χ0) is 52.0. The van der Waals surface area contributed by atoms with Crippen LogP contribution in [0.5, 0.6) is 0 Å². The number of likely N-dealkylation sites (N-methyl/N-ethyl adjacent to an activating group) is 1. The van der Waals surface area contributed by atoms with Crippen molar-refractivity contribution >= 4 is 13.7 Å². The molecule has 0 saturated carbocycles. The van der Waals surface area contributed by atoms with Crippen molar-refractivity contribution in [2.45, 2.75) is 315 Å². The number of allylic oxidation sites excluding steroid dienone is 6. The molecule has 71 heavy (non-hydrogen) atoms. The van der Waals surface area contributed by atoms with Gasteiger partial charge in [-0.3, -0.25) is 13.8 Å². The lowest BCUT2D eigenvalue weighted by Crippen LogP contribution is -2.46. The fourth-order valence-corrected chi connectivity index (χ4v) is 10.0. The predicted octanol–water partition coefficient (Wildman–Crippen LogP) is 18.9. The van der Waals surface area contributed by atoms with Crippen LogP contribution in [0.1, 0.15) is 303 Å². The third kappa shape index (κ3) is 56.3. The van der Waals surface area contributed by atoms with Gasteiger partial charge in [0.25, 0.3) is 0 Å². The second-order valence-corrected chi connectivity index (χ2v) is 23.9. The van der Waals surface area contributed by atoms with Crippen molar-refractivity contribution in [2.24, 2.45) is 0 Å². The number of aliphatic hydroxyl groups is 1. The van der Waals surface area contributed by atoms with Crippen molar-refractivity contribution < 1.29 is 32.9 Å². The molecule has 0 saturated heterocycles. The van der Waals surface area contributed by atoms with Crippen molar-refractivity contribution in [3.05, 3.63) is 36.5 Å². The van der Waals surface area contributed by atoms with Crippen LogP contribution in [0.3, 0.4) is 0 Å². The molecular formula is C62H122N2O6P+. The summed E-state index contributed by atoms with van der Waals surface area (Å²) in [5.74, 6) is -0.140. The van der Waals surface area contributed by atoms with Gasteiger partial charge in [-0.15, -0.1) is 0 Å². The molecule has 0 aromatic carbocycles. The van der Waals surface area contributed by atoms with E-state index in [1.807, 2.05) is 21.1 Å². The van der Waals surface area contributed by atoms with Crippen LogP contribution in [0.25, 0.3) is 0 Å². The number of carbonyl (C=O) groups excluding carboxylic acids is 1. The summed E-state index contributed by atoms with van der Waals surface area (Å²) in [6.07, 6.45) is 69.2. The fourth-order valence-electron chi connectivity index (χ4n) is 9.29. The number of phosphoric acid groups is 1. The molecule has 0 aliphatic rings. The highest BCUT2D eigenvalue weighted by molar-refractivity contribution is 7.47. The van der Waals surface area contributed by atoms with E-state index in [0.29, 0.717) is 23.9 Å². The van der Waals surface area contributed by atoms with Gasteiger partial charge in [0, 0.05) is 6.42 Å². The van der Waals surface area contributed by atoms with E-state index in [4.69, 9.17) is 9.05 Å². The van der Waals surface area contributed by atoms with E-state index in [2.05, 4.69) is 55.6 Å². The Kier molecular flexibility index (Phi) is 52.6. The van der Waals surface area contributed by atoms with Crippen LogP contribution in [-0.4, -0.2) is 73.4 Å². The zero-order valence-electron chi connectivity index (χ0n) is 48.0. The Morgan fingerprint density at radius 3 is 1.17 bits per heavy atom. The molecule has 3 atom stereocenters. The first-order valence-electron chi connectivity index (χ1n) is 30.9. The van der Waals surface area contributed by atoms with E-state index in [9.17, 15) is 19.4 Å². The van der Waals surface area contributed by atoms with Crippen LogP contribution in [0, 0.1) is 0 Å². The van der Waals surface area contributed by atoms with E-state index in [-0.39, 0.29) is 19.1 Å². The maximum Gasteiger partial charge on any atom is 0.472 e. The van der Waals surface area contributed by atoms with E-state index in [1.54, 1.807) is 0 Å². The molecule has 0 aliphatic carbocycles. The van der Waals surface area contributed by atoms with Crippen LogP contribution in [-0.2, 0) is 18.4 Å². The highest BCUT2D eigenvalue weighted by atomic mass is 31.2. The summed E-state index contributed by atoms with van der Waals surface area (Å²) in [4.78, 5) is 23.4. The molecule has 0 heterocycles. The molecular weight excluding hydrogens is 900 g/mol. The van der Waals surface area contributed by atoms with Gasteiger partial charge < -0.3 is 19.8 Å². The predicted molar refractivity (Wildman–Crippen MR) is 309 cm³/mol. The Labute approximate surface area is 442 Å². The molecule has 0 bridgehead atoms. The molecule has 420 valence electrons. The molecule has 0 radical (unpaired) electrons. The molecule has 0 aliphatic heterocycles. The number of carbonyl (C=O) groups is 1. The molecule has 0 aromatic heterocycles. The number of nitrogens with one attached hydrogen (secondary N) is 1. The monoisotopic (exact) mass is 1020 g/mol. The lowest BCUT2D eigenvalue weighted by atomic mass is 10.0. The number of hydrogen-bond acceptors (Lipinski definition) is 5. The molecule has 0 spiro atoms. The van der Waals surface area contributed by atoms with E-state index in [0.717, 1.165) is 51.4 Å². The van der Waals surface area contributed by atoms with E-state index >= 15 is 0 Å². The van der Waals surface area contributed by atoms with Gasteiger partial charge in [0.15, 0.2) is 0 Å². The largest absolute Gasteiger partial charge is 0.472 e. The molecule has 1 amide bonds. The third-order valence-corrected chi connectivity index (χ3v) is 15.1. The number of rotatable bonds is 57. The molecule has 3 unspecified atom stereocenters. The normalized spacial score (nSPS) is 14.1. The van der Waals surface area contributed by atoms with E-state index < -0.39 is 20.0 Å². The van der Waals surface area contributed by atoms with Crippen LogP contribution in [0.4, 0.5) is 0 Å². The summed E-state index contributed by atoms with van der Waals surface area (Å²) in [5, 5.41) is 14.1. The highest BCUT2D eigenvalue weighted by Crippen LogP contribution is 2.43. The number of unbranched alkanes of at least 4 members (excludes halogenated alkanes) is 38. The number of aliphatic hydroxyl groups excluding tert-OH is 1. The molecule has 0 aromatic rings. The van der Waals surface area contributed by atoms with Crippen molar-refractivity contribution in [3.63, 3.8) is 0 Å². The third-order valence-electron chi connectivity index (χ3n) is 14.1. The summed E-state index contributed by atoms with van der Waals surface area (Å²) in [7, 11) is 1.63. The number of quaternary nitrogens is 1. The van der Waals surface area contributed by atoms with Gasteiger partial charge in [0.05, 0.1) is 39.9 Å². The Bertz CT molecular complexity index is 1250. The molecule has 0 rings (SSSR count). The Morgan fingerprint density at radius 1 is 0.479 bits per heavy atom. The Hall–Kier alpha value is -1.28. The molecule has 9 heteroatoms. The summed E-state index contributed by atoms with van der Waals surface area (Å²) in [6.45, 7) is 4.91. The Morgan fingerprint density at radius 2 is 0.803 bits per heavy atom. The van der Waals surface area contributed by atoms with Crippen molar-refractivity contribution in [3.8, 4) is 0 Å². The average molecular weight is 1020 g/mol. The number of hydrogen-bond donors (Lipinski definition) is 3. The topological polar surface area (TPSA) is 105 Å². The maximum absolute atomic E-state index is 13.0. The molecule has 3 N–H and O–H groups in total. The van der Waals surface area contributed by atoms with Crippen LogP contribution in [0.2, 0.25) is 0 Å². The van der Waals surface area contributed by atoms with E-state index in [1.165, 1.54) is 225 Å². The van der Waals surface area contributed by atoms with Gasteiger partial charge in [-0.25, -0.2) is 4.57 Å². The standard InChI is InChI=1S/C62H121N2O6P/c1-6-8-10-12-14-16-18-20-22-24-26-27-28-29-30-31-32-33-34-35-36-37-38-40-42-44-46-48-50-52-54-56-62(66)63-60(59-70-71(67,68)69-58-57-64(3,4)5)61(65)55-53-51-49-47-45-43-41-39-25-23-21-19-17-15-13-11-9-7-2/h18,20,24,26,28-29,60-61,65H,6-17,19,21-23,25,27,30-59H2,1-5H3,(H-,63,66,67,68)/p+1/b20-18-,26-24-,29-28-. The van der Waals surface area contributed by atoms with Gasteiger partial charge in [-0.1, -0.05) is 281 Å². The van der Waals surface area contributed by atoms with Gasteiger partial charge in [0.2, 0.25) is 5.91 Å². The summed E-state index contributed by atoms with van der Waals surface area (Å²) in [6, 6.07) is -0.760. The summed E-state index contributed by atoms with van der Waals surface area (Å²) in [5.41, 5.74) is 0. The Balaban J connectivity index is 4.06. The smallest absolute Gasteiger partial charge is 0.391 e. The zero-order valence-corrected chi connectivity index (χ0v) is 48.9. The minimum atomic E-state index is -4.32. The number of nitrogens with zero attached hydrogens (tertiary/aromatic N) is 1. The van der Waals surface area contributed by atoms with Crippen LogP contribution in [0.15, 0.2) is 36.5 Å².